The summed E-state index contributed by atoms with van der Waals surface area (Å²) in [5.41, 5.74) is 0.104. The van der Waals surface area contributed by atoms with E-state index in [-0.39, 0.29) is 17.1 Å². The van der Waals surface area contributed by atoms with E-state index >= 15 is 0 Å². The molecule has 21 heavy (non-hydrogen) atoms. The van der Waals surface area contributed by atoms with E-state index in [0.717, 1.165) is 32.2 Å². The van der Waals surface area contributed by atoms with Gasteiger partial charge in [0, 0.05) is 12.1 Å². The molecule has 1 rings (SSSR count). The van der Waals surface area contributed by atoms with Gasteiger partial charge in [-0.2, -0.15) is 0 Å². The molecule has 0 aromatic carbocycles. The Morgan fingerprint density at radius 1 is 1.19 bits per heavy atom. The quantitative estimate of drug-likeness (QED) is 0.754. The van der Waals surface area contributed by atoms with Crippen LogP contribution in [0.3, 0.4) is 0 Å². The van der Waals surface area contributed by atoms with Crippen molar-refractivity contribution in [3.63, 3.8) is 0 Å². The van der Waals surface area contributed by atoms with Crippen LogP contribution >= 0.6 is 11.6 Å². The molecule has 0 aliphatic carbocycles. The molecule has 0 saturated heterocycles. The lowest BCUT2D eigenvalue weighted by Crippen LogP contribution is -2.47. The fourth-order valence-corrected chi connectivity index (χ4v) is 2.46. The lowest BCUT2D eigenvalue weighted by molar-refractivity contribution is 0.0883. The standard InChI is InChI=1S/C16H26ClN3O/c1-5-11-18-13-10-9-12(17)14(19-13)15(21)20-16(6-2,7-3)8-4/h9-10H,5-8,11H2,1-4H3,(H,18,19)(H,20,21). The second-order valence-corrected chi connectivity index (χ2v) is 5.66. The highest BCUT2D eigenvalue weighted by Crippen LogP contribution is 2.22. The average molecular weight is 312 g/mol. The van der Waals surface area contributed by atoms with Crippen molar-refractivity contribution in [2.24, 2.45) is 0 Å². The maximum Gasteiger partial charge on any atom is 0.271 e. The number of nitrogens with zero attached hydrogens (tertiary/aromatic N) is 1. The molecule has 1 heterocycles. The summed E-state index contributed by atoms with van der Waals surface area (Å²) in [4.78, 5) is 16.8. The Morgan fingerprint density at radius 3 is 2.33 bits per heavy atom. The number of aromatic nitrogens is 1. The molecule has 1 aromatic rings. The highest BCUT2D eigenvalue weighted by molar-refractivity contribution is 6.33. The Bertz CT molecular complexity index is 464. The first-order valence-electron chi connectivity index (χ1n) is 7.74. The summed E-state index contributed by atoms with van der Waals surface area (Å²) in [5, 5.41) is 6.66. The highest BCUT2D eigenvalue weighted by Gasteiger charge is 2.27. The lowest BCUT2D eigenvalue weighted by Gasteiger charge is -2.31. The van der Waals surface area contributed by atoms with Gasteiger partial charge in [-0.3, -0.25) is 4.79 Å². The van der Waals surface area contributed by atoms with Crippen LogP contribution in [0.15, 0.2) is 12.1 Å². The van der Waals surface area contributed by atoms with E-state index < -0.39 is 0 Å². The van der Waals surface area contributed by atoms with Crippen LogP contribution in [-0.2, 0) is 0 Å². The average Bonchev–Trinajstić information content (AvgIpc) is 2.51. The first-order chi connectivity index (χ1) is 10.0. The van der Waals surface area contributed by atoms with Crippen LogP contribution in [-0.4, -0.2) is 23.0 Å². The summed E-state index contributed by atoms with van der Waals surface area (Å²) >= 11 is 6.13. The largest absolute Gasteiger partial charge is 0.370 e. The topological polar surface area (TPSA) is 54.0 Å². The number of carbonyl (C=O) groups excluding carboxylic acids is 1. The SMILES string of the molecule is CCCNc1ccc(Cl)c(C(=O)NC(CC)(CC)CC)n1. The number of carbonyl (C=O) groups is 1. The molecule has 0 aliphatic rings. The summed E-state index contributed by atoms with van der Waals surface area (Å²) in [7, 11) is 0. The van der Waals surface area contributed by atoms with Gasteiger partial charge < -0.3 is 10.6 Å². The van der Waals surface area contributed by atoms with Gasteiger partial charge in [0.1, 0.15) is 11.5 Å². The van der Waals surface area contributed by atoms with E-state index in [4.69, 9.17) is 11.6 Å². The summed E-state index contributed by atoms with van der Waals surface area (Å²) in [5.74, 6) is 0.479. The predicted molar refractivity (Wildman–Crippen MR) is 89.1 cm³/mol. The number of hydrogen-bond donors (Lipinski definition) is 2. The van der Waals surface area contributed by atoms with E-state index in [9.17, 15) is 4.79 Å². The molecule has 0 saturated carbocycles. The molecule has 0 fully saturated rings. The molecule has 2 N–H and O–H groups in total. The van der Waals surface area contributed by atoms with Crippen LogP contribution in [0.1, 0.15) is 63.9 Å². The molecular weight excluding hydrogens is 286 g/mol. The fraction of sp³-hybridized carbons (Fsp3) is 0.625. The van der Waals surface area contributed by atoms with E-state index in [1.165, 1.54) is 0 Å². The van der Waals surface area contributed by atoms with Crippen molar-refractivity contribution in [2.75, 3.05) is 11.9 Å². The van der Waals surface area contributed by atoms with Crippen LogP contribution in [0.25, 0.3) is 0 Å². The van der Waals surface area contributed by atoms with Gasteiger partial charge >= 0.3 is 0 Å². The smallest absolute Gasteiger partial charge is 0.271 e. The minimum atomic E-state index is -0.203. The van der Waals surface area contributed by atoms with E-state index in [1.807, 2.05) is 0 Å². The van der Waals surface area contributed by atoms with Gasteiger partial charge in [-0.05, 0) is 37.8 Å². The number of anilines is 1. The summed E-state index contributed by atoms with van der Waals surface area (Å²) < 4.78 is 0. The number of nitrogens with one attached hydrogen (secondary N) is 2. The van der Waals surface area contributed by atoms with Gasteiger partial charge in [-0.1, -0.05) is 39.3 Å². The zero-order valence-corrected chi connectivity index (χ0v) is 14.2. The third-order valence-corrected chi connectivity index (χ3v) is 4.33. The Hall–Kier alpha value is -1.29. The second-order valence-electron chi connectivity index (χ2n) is 5.25. The predicted octanol–water partition coefficient (Wildman–Crippen LogP) is 4.26. The van der Waals surface area contributed by atoms with Crippen molar-refractivity contribution < 1.29 is 4.79 Å². The zero-order valence-electron chi connectivity index (χ0n) is 13.4. The van der Waals surface area contributed by atoms with Crippen LogP contribution in [0.2, 0.25) is 5.02 Å². The number of amides is 1. The molecule has 1 aromatic heterocycles. The summed E-state index contributed by atoms with van der Waals surface area (Å²) in [6, 6.07) is 3.51. The first-order valence-corrected chi connectivity index (χ1v) is 8.12. The van der Waals surface area contributed by atoms with Gasteiger partial charge in [0.15, 0.2) is 0 Å². The zero-order chi connectivity index (χ0) is 15.9. The maximum atomic E-state index is 12.5. The number of pyridine rings is 1. The number of rotatable bonds is 8. The maximum absolute atomic E-state index is 12.5. The van der Waals surface area contributed by atoms with Gasteiger partial charge in [0.05, 0.1) is 5.02 Å². The Labute approximate surface area is 132 Å². The molecule has 118 valence electrons. The molecule has 0 spiro atoms. The molecular formula is C16H26ClN3O. The third kappa shape index (κ3) is 4.60. The summed E-state index contributed by atoms with van der Waals surface area (Å²) in [6.45, 7) is 9.15. The monoisotopic (exact) mass is 311 g/mol. The van der Waals surface area contributed by atoms with E-state index in [1.54, 1.807) is 12.1 Å². The molecule has 4 nitrogen and oxygen atoms in total. The number of halogens is 1. The van der Waals surface area contributed by atoms with Gasteiger partial charge in [-0.15, -0.1) is 0 Å². The Balaban J connectivity index is 2.95. The van der Waals surface area contributed by atoms with Crippen LogP contribution in [0, 0.1) is 0 Å². The fourth-order valence-electron chi connectivity index (χ4n) is 2.27. The van der Waals surface area contributed by atoms with Crippen molar-refractivity contribution in [3.8, 4) is 0 Å². The van der Waals surface area contributed by atoms with Crippen LogP contribution < -0.4 is 10.6 Å². The van der Waals surface area contributed by atoms with Gasteiger partial charge in [0.25, 0.3) is 5.91 Å². The lowest BCUT2D eigenvalue weighted by atomic mass is 9.89. The minimum absolute atomic E-state index is 0.186. The van der Waals surface area contributed by atoms with Gasteiger partial charge in [-0.25, -0.2) is 4.98 Å². The van der Waals surface area contributed by atoms with Crippen molar-refractivity contribution in [2.45, 2.75) is 58.9 Å². The van der Waals surface area contributed by atoms with Crippen molar-refractivity contribution in [1.29, 1.82) is 0 Å². The first kappa shape index (κ1) is 17.8. The molecule has 0 aliphatic heterocycles. The van der Waals surface area contributed by atoms with Crippen molar-refractivity contribution in [1.82, 2.24) is 10.3 Å². The Kier molecular flexibility index (Phi) is 6.96. The van der Waals surface area contributed by atoms with Gasteiger partial charge in [0.2, 0.25) is 0 Å². The summed E-state index contributed by atoms with van der Waals surface area (Å²) in [6.07, 6.45) is 3.65. The molecule has 5 heteroatoms. The van der Waals surface area contributed by atoms with E-state index in [2.05, 4.69) is 43.3 Å². The molecule has 0 unspecified atom stereocenters. The van der Waals surface area contributed by atoms with E-state index in [0.29, 0.717) is 10.8 Å². The van der Waals surface area contributed by atoms with Crippen molar-refractivity contribution in [3.05, 3.63) is 22.8 Å². The van der Waals surface area contributed by atoms with Crippen LogP contribution in [0.4, 0.5) is 5.82 Å². The molecule has 0 atom stereocenters. The highest BCUT2D eigenvalue weighted by atomic mass is 35.5. The second kappa shape index (κ2) is 8.23. The molecule has 0 bridgehead atoms. The number of hydrogen-bond acceptors (Lipinski definition) is 3. The van der Waals surface area contributed by atoms with Crippen LogP contribution in [0.5, 0.6) is 0 Å². The normalized spacial score (nSPS) is 11.3. The van der Waals surface area contributed by atoms with Crippen molar-refractivity contribution >= 4 is 23.3 Å². The Morgan fingerprint density at radius 2 is 1.81 bits per heavy atom. The third-order valence-electron chi connectivity index (χ3n) is 4.03. The molecule has 0 radical (unpaired) electrons. The minimum Gasteiger partial charge on any atom is -0.370 e. The molecule has 1 amide bonds.